The number of carbonyl (C=O) groups is 2. The monoisotopic (exact) mass is 507 g/mol. The van der Waals surface area contributed by atoms with Crippen molar-refractivity contribution in [1.82, 2.24) is 9.55 Å². The van der Waals surface area contributed by atoms with Gasteiger partial charge in [0, 0.05) is 9.75 Å². The molecule has 7 nitrogen and oxygen atoms in total. The molecule has 0 bridgehead atoms. The van der Waals surface area contributed by atoms with Crippen molar-refractivity contribution in [3.05, 3.63) is 68.6 Å². The summed E-state index contributed by atoms with van der Waals surface area (Å²) >= 11 is 2.89. The number of amides is 1. The van der Waals surface area contributed by atoms with E-state index in [0.717, 1.165) is 46.6 Å². The lowest BCUT2D eigenvalue weighted by atomic mass is 9.95. The fraction of sp³-hybridized carbons (Fsp3) is 0.308. The van der Waals surface area contributed by atoms with Crippen LogP contribution in [0, 0.1) is 6.92 Å². The first-order chi connectivity index (χ1) is 17.0. The number of benzene rings is 1. The van der Waals surface area contributed by atoms with Crippen molar-refractivity contribution in [3.63, 3.8) is 0 Å². The molecule has 1 N–H and O–H groups in total. The van der Waals surface area contributed by atoms with Gasteiger partial charge in [-0.25, -0.2) is 9.78 Å². The average molecular weight is 508 g/mol. The predicted molar refractivity (Wildman–Crippen MR) is 140 cm³/mol. The van der Waals surface area contributed by atoms with Crippen molar-refractivity contribution in [3.8, 4) is 10.4 Å². The lowest BCUT2D eigenvalue weighted by Crippen LogP contribution is -2.30. The zero-order valence-electron chi connectivity index (χ0n) is 19.6. The molecule has 3 heterocycles. The van der Waals surface area contributed by atoms with Crippen molar-refractivity contribution >= 4 is 49.8 Å². The lowest BCUT2D eigenvalue weighted by molar-refractivity contribution is -0.116. The normalized spacial score (nSPS) is 13.0. The van der Waals surface area contributed by atoms with Crippen molar-refractivity contribution < 1.29 is 14.3 Å². The molecule has 0 unspecified atom stereocenters. The van der Waals surface area contributed by atoms with E-state index in [2.05, 4.69) is 10.3 Å². The van der Waals surface area contributed by atoms with E-state index < -0.39 is 5.97 Å². The van der Waals surface area contributed by atoms with Crippen molar-refractivity contribution in [2.75, 3.05) is 11.9 Å². The zero-order valence-corrected chi connectivity index (χ0v) is 21.2. The fourth-order valence-electron chi connectivity index (χ4n) is 4.43. The summed E-state index contributed by atoms with van der Waals surface area (Å²) in [6.07, 6.45) is 3.77. The second-order valence-corrected chi connectivity index (χ2v) is 10.6. The number of carbonyl (C=O) groups excluding carboxylic acids is 2. The van der Waals surface area contributed by atoms with Gasteiger partial charge in [0.15, 0.2) is 0 Å². The molecule has 1 aliphatic rings. The molecular weight excluding hydrogens is 482 g/mol. The van der Waals surface area contributed by atoms with E-state index in [1.165, 1.54) is 27.2 Å². The van der Waals surface area contributed by atoms with Gasteiger partial charge in [-0.2, -0.15) is 0 Å². The Morgan fingerprint density at radius 2 is 1.91 bits per heavy atom. The number of ether oxygens (including phenoxy) is 1. The maximum Gasteiger partial charge on any atom is 0.341 e. The van der Waals surface area contributed by atoms with Gasteiger partial charge in [-0.1, -0.05) is 30.3 Å². The number of esters is 1. The molecule has 4 aromatic rings. The number of aromatic nitrogens is 2. The second kappa shape index (κ2) is 9.75. The first-order valence-electron chi connectivity index (χ1n) is 11.6. The van der Waals surface area contributed by atoms with Crippen LogP contribution in [-0.4, -0.2) is 28.0 Å². The van der Waals surface area contributed by atoms with E-state index in [1.807, 2.05) is 36.4 Å². The maximum absolute atomic E-state index is 13.3. The van der Waals surface area contributed by atoms with Gasteiger partial charge in [0.2, 0.25) is 5.91 Å². The minimum absolute atomic E-state index is 0.186. The number of hydrogen-bond donors (Lipinski definition) is 1. The Bertz CT molecular complexity index is 1480. The molecule has 0 fully saturated rings. The molecule has 1 amide bonds. The van der Waals surface area contributed by atoms with Crippen LogP contribution < -0.4 is 10.9 Å². The quantitative estimate of drug-likeness (QED) is 0.363. The summed E-state index contributed by atoms with van der Waals surface area (Å²) in [5.41, 5.74) is 2.21. The third-order valence-electron chi connectivity index (χ3n) is 6.11. The molecule has 0 radical (unpaired) electrons. The van der Waals surface area contributed by atoms with Crippen LogP contribution in [-0.2, 0) is 28.9 Å². The van der Waals surface area contributed by atoms with Crippen molar-refractivity contribution in [1.29, 1.82) is 0 Å². The number of rotatable bonds is 6. The minimum Gasteiger partial charge on any atom is -0.462 e. The first kappa shape index (κ1) is 23.4. The maximum atomic E-state index is 13.3. The third kappa shape index (κ3) is 4.53. The van der Waals surface area contributed by atoms with E-state index in [9.17, 15) is 14.4 Å². The van der Waals surface area contributed by atoms with Crippen LogP contribution in [0.15, 0.2) is 41.2 Å². The topological polar surface area (TPSA) is 90.3 Å². The van der Waals surface area contributed by atoms with Gasteiger partial charge in [0.1, 0.15) is 22.2 Å². The highest BCUT2D eigenvalue weighted by molar-refractivity contribution is 7.21. The van der Waals surface area contributed by atoms with Gasteiger partial charge in [-0.15, -0.1) is 22.7 Å². The number of nitrogens with zero attached hydrogens (tertiary/aromatic N) is 2. The van der Waals surface area contributed by atoms with Gasteiger partial charge in [-0.05, 0) is 56.7 Å². The predicted octanol–water partition coefficient (Wildman–Crippen LogP) is 5.19. The number of hydrogen-bond acceptors (Lipinski definition) is 7. The zero-order chi connectivity index (χ0) is 24.5. The average Bonchev–Trinajstić information content (AvgIpc) is 3.44. The van der Waals surface area contributed by atoms with E-state index in [0.29, 0.717) is 26.6 Å². The second-order valence-electron chi connectivity index (χ2n) is 8.43. The molecule has 5 rings (SSSR count). The molecule has 180 valence electrons. The van der Waals surface area contributed by atoms with Gasteiger partial charge < -0.3 is 10.1 Å². The summed E-state index contributed by atoms with van der Waals surface area (Å²) in [7, 11) is 0. The van der Waals surface area contributed by atoms with Gasteiger partial charge in [0.05, 0.1) is 17.6 Å². The number of fused-ring (bicyclic) bond motifs is 2. The summed E-state index contributed by atoms with van der Waals surface area (Å²) < 4.78 is 6.66. The van der Waals surface area contributed by atoms with E-state index in [1.54, 1.807) is 13.8 Å². The minimum atomic E-state index is -0.412. The molecule has 0 atom stereocenters. The highest BCUT2D eigenvalue weighted by Gasteiger charge is 2.27. The van der Waals surface area contributed by atoms with Gasteiger partial charge >= 0.3 is 5.97 Å². The van der Waals surface area contributed by atoms with Gasteiger partial charge in [0.25, 0.3) is 5.56 Å². The van der Waals surface area contributed by atoms with Crippen LogP contribution in [0.4, 0.5) is 5.00 Å². The standard InChI is InChI=1S/C26H25N3O4S2/c1-3-33-26(32)22-17-11-7-8-12-19(17)34-24(22)28-21(30)14-29-15(2)27-23-18(25(29)31)13-20(35-23)16-9-5-4-6-10-16/h4-6,9-10,13H,3,7-8,11-12,14H2,1-2H3,(H,28,30). The smallest absolute Gasteiger partial charge is 0.341 e. The molecule has 1 aliphatic carbocycles. The van der Waals surface area contributed by atoms with Crippen molar-refractivity contribution in [2.24, 2.45) is 0 Å². The molecule has 0 aliphatic heterocycles. The molecule has 3 aromatic heterocycles. The molecule has 1 aromatic carbocycles. The van der Waals surface area contributed by atoms with Crippen molar-refractivity contribution in [2.45, 2.75) is 46.1 Å². The lowest BCUT2D eigenvalue weighted by Gasteiger charge is -2.12. The summed E-state index contributed by atoms with van der Waals surface area (Å²) in [5.74, 6) is -0.320. The Balaban J connectivity index is 1.44. The first-order valence-corrected chi connectivity index (χ1v) is 13.3. The van der Waals surface area contributed by atoms with E-state index in [-0.39, 0.29) is 24.6 Å². The van der Waals surface area contributed by atoms with Crippen LogP contribution >= 0.6 is 22.7 Å². The molecule has 9 heteroatoms. The number of thiophene rings is 2. The molecule has 0 saturated carbocycles. The molecule has 35 heavy (non-hydrogen) atoms. The van der Waals surface area contributed by atoms with Crippen LogP contribution in [0.25, 0.3) is 20.7 Å². The van der Waals surface area contributed by atoms with Crippen LogP contribution in [0.1, 0.15) is 46.4 Å². The molecule has 0 saturated heterocycles. The Morgan fingerprint density at radius 3 is 2.69 bits per heavy atom. The number of aryl methyl sites for hydroxylation is 2. The largest absolute Gasteiger partial charge is 0.462 e. The van der Waals surface area contributed by atoms with E-state index in [4.69, 9.17) is 4.74 Å². The Kier molecular flexibility index (Phi) is 6.53. The highest BCUT2D eigenvalue weighted by atomic mass is 32.1. The summed E-state index contributed by atoms with van der Waals surface area (Å²) in [6, 6.07) is 11.7. The molecule has 0 spiro atoms. The summed E-state index contributed by atoms with van der Waals surface area (Å²) in [4.78, 5) is 46.3. The summed E-state index contributed by atoms with van der Waals surface area (Å²) in [5, 5.41) is 3.88. The molecular formula is C26H25N3O4S2. The summed E-state index contributed by atoms with van der Waals surface area (Å²) in [6.45, 7) is 3.57. The Hall–Kier alpha value is -3.30. The Morgan fingerprint density at radius 1 is 1.14 bits per heavy atom. The van der Waals surface area contributed by atoms with Crippen LogP contribution in [0.3, 0.4) is 0 Å². The van der Waals surface area contributed by atoms with Crippen LogP contribution in [0.5, 0.6) is 0 Å². The van der Waals surface area contributed by atoms with Crippen LogP contribution in [0.2, 0.25) is 0 Å². The third-order valence-corrected chi connectivity index (χ3v) is 8.39. The number of nitrogens with one attached hydrogen (secondary N) is 1. The number of anilines is 1. The SMILES string of the molecule is CCOC(=O)c1c(NC(=O)Cn2c(C)nc3sc(-c4ccccc4)cc3c2=O)sc2c1CCCC2. The van der Waals surface area contributed by atoms with E-state index >= 15 is 0 Å². The highest BCUT2D eigenvalue weighted by Crippen LogP contribution is 2.38. The Labute approximate surface area is 210 Å². The fourth-order valence-corrected chi connectivity index (χ4v) is 6.80. The van der Waals surface area contributed by atoms with Gasteiger partial charge in [-0.3, -0.25) is 14.2 Å².